The van der Waals surface area contributed by atoms with Gasteiger partial charge >= 0.3 is 5.97 Å². The van der Waals surface area contributed by atoms with Crippen molar-refractivity contribution in [1.82, 2.24) is 4.98 Å². The second-order valence-corrected chi connectivity index (χ2v) is 5.43. The normalized spacial score (nSPS) is 14.9. The van der Waals surface area contributed by atoms with E-state index in [1.807, 2.05) is 12.1 Å². The number of carbonyl (C=O) groups excluding carboxylic acids is 2. The number of nitrogens with zero attached hydrogens (tertiary/aromatic N) is 2. The predicted molar refractivity (Wildman–Crippen MR) is 80.3 cm³/mol. The molecule has 1 aromatic rings. The second-order valence-electron chi connectivity index (χ2n) is 4.68. The highest BCUT2D eigenvalue weighted by molar-refractivity contribution is 9.10. The van der Waals surface area contributed by atoms with Gasteiger partial charge in [-0.1, -0.05) is 0 Å². The van der Waals surface area contributed by atoms with Gasteiger partial charge in [-0.05, 0) is 28.1 Å². The second kappa shape index (κ2) is 7.51. The maximum Gasteiger partial charge on any atom is 0.313 e. The largest absolute Gasteiger partial charge is 0.469 e. The highest BCUT2D eigenvalue weighted by atomic mass is 79.9. The van der Waals surface area contributed by atoms with Gasteiger partial charge in [-0.25, -0.2) is 4.98 Å². The maximum atomic E-state index is 11.7. The minimum Gasteiger partial charge on any atom is -0.469 e. The summed E-state index contributed by atoms with van der Waals surface area (Å²) in [7, 11) is 1.27. The summed E-state index contributed by atoms with van der Waals surface area (Å²) < 4.78 is 10.5. The quantitative estimate of drug-likeness (QED) is 0.450. The van der Waals surface area contributed by atoms with E-state index in [-0.39, 0.29) is 18.6 Å². The van der Waals surface area contributed by atoms with Crippen LogP contribution in [0.25, 0.3) is 0 Å². The van der Waals surface area contributed by atoms with Crippen LogP contribution in [0.3, 0.4) is 0 Å². The minimum atomic E-state index is -0.524. The van der Waals surface area contributed by atoms with Crippen molar-refractivity contribution in [2.45, 2.75) is 12.8 Å². The molecule has 1 aliphatic rings. The van der Waals surface area contributed by atoms with E-state index in [0.29, 0.717) is 23.5 Å². The number of carbonyl (C=O) groups is 2. The zero-order valence-corrected chi connectivity index (χ0v) is 13.4. The number of anilines is 1. The predicted octanol–water partition coefficient (Wildman–Crippen LogP) is 1.36. The van der Waals surface area contributed by atoms with E-state index >= 15 is 0 Å². The lowest BCUT2D eigenvalue weighted by Crippen LogP contribution is -2.36. The van der Waals surface area contributed by atoms with Gasteiger partial charge in [0.25, 0.3) is 0 Å². The van der Waals surface area contributed by atoms with Crippen LogP contribution in [0.1, 0.15) is 12.1 Å². The molecule has 0 radical (unpaired) electrons. The van der Waals surface area contributed by atoms with Gasteiger partial charge in [-0.15, -0.1) is 0 Å². The number of pyridine rings is 1. The number of ketones is 1. The summed E-state index contributed by atoms with van der Waals surface area (Å²) in [6.07, 6.45) is -0.0991. The number of aromatic nitrogens is 1. The number of Topliss-reactive ketones (excluding diaryl/α,β-unsaturated/α-hetero) is 1. The summed E-state index contributed by atoms with van der Waals surface area (Å²) in [6, 6.07) is 3.74. The number of hydrogen-bond acceptors (Lipinski definition) is 6. The lowest BCUT2D eigenvalue weighted by molar-refractivity contribution is -0.143. The molecule has 2 heterocycles. The van der Waals surface area contributed by atoms with Crippen molar-refractivity contribution in [1.29, 1.82) is 0 Å². The number of rotatable bonds is 5. The highest BCUT2D eigenvalue weighted by Gasteiger charge is 2.16. The molecule has 0 bridgehead atoms. The molecule has 0 aliphatic carbocycles. The number of morpholine rings is 1. The Balaban J connectivity index is 2.01. The van der Waals surface area contributed by atoms with Crippen LogP contribution in [0, 0.1) is 0 Å². The molecule has 0 unspecified atom stereocenters. The first-order valence-corrected chi connectivity index (χ1v) is 7.46. The fraction of sp³-hybridized carbons (Fsp3) is 0.500. The zero-order chi connectivity index (χ0) is 15.2. The van der Waals surface area contributed by atoms with Gasteiger partial charge in [0.05, 0.1) is 26.0 Å². The van der Waals surface area contributed by atoms with Crippen LogP contribution in [-0.2, 0) is 25.5 Å². The molecule has 21 heavy (non-hydrogen) atoms. The number of ether oxygens (including phenoxy) is 2. The van der Waals surface area contributed by atoms with Crippen LogP contribution in [0.2, 0.25) is 0 Å². The molecule has 2 rings (SSSR count). The Morgan fingerprint density at radius 3 is 2.71 bits per heavy atom. The smallest absolute Gasteiger partial charge is 0.313 e. The van der Waals surface area contributed by atoms with Crippen molar-refractivity contribution in [3.63, 3.8) is 0 Å². The van der Waals surface area contributed by atoms with Crippen LogP contribution in [0.15, 0.2) is 16.7 Å². The van der Waals surface area contributed by atoms with Crippen LogP contribution in [0.5, 0.6) is 0 Å². The molecule has 0 amide bonds. The van der Waals surface area contributed by atoms with Crippen molar-refractivity contribution < 1.29 is 19.1 Å². The first-order valence-electron chi connectivity index (χ1n) is 6.67. The number of halogens is 1. The third-order valence-electron chi connectivity index (χ3n) is 3.19. The third-order valence-corrected chi connectivity index (χ3v) is 3.77. The fourth-order valence-electron chi connectivity index (χ4n) is 2.10. The SMILES string of the molecule is COC(=O)CC(=O)Cc1ccc(N2CCOCC2)c(Br)n1. The number of methoxy groups -OCH3 is 1. The topological polar surface area (TPSA) is 68.7 Å². The van der Waals surface area contributed by atoms with Crippen molar-refractivity contribution in [2.75, 3.05) is 38.3 Å². The Hall–Kier alpha value is -1.47. The molecule has 114 valence electrons. The zero-order valence-electron chi connectivity index (χ0n) is 11.8. The lowest BCUT2D eigenvalue weighted by Gasteiger charge is -2.29. The van der Waals surface area contributed by atoms with Crippen molar-refractivity contribution >= 4 is 33.4 Å². The lowest BCUT2D eigenvalue weighted by atomic mass is 10.1. The molecular formula is C14H17BrN2O4. The van der Waals surface area contributed by atoms with Gasteiger partial charge in [0.1, 0.15) is 16.8 Å². The van der Waals surface area contributed by atoms with Gasteiger partial charge in [-0.3, -0.25) is 9.59 Å². The van der Waals surface area contributed by atoms with Crippen LogP contribution in [-0.4, -0.2) is 50.1 Å². The maximum absolute atomic E-state index is 11.7. The van der Waals surface area contributed by atoms with Crippen molar-refractivity contribution in [3.8, 4) is 0 Å². The summed E-state index contributed by atoms with van der Waals surface area (Å²) in [5, 5.41) is 0. The Morgan fingerprint density at radius 2 is 2.10 bits per heavy atom. The van der Waals surface area contributed by atoms with Crippen LogP contribution in [0.4, 0.5) is 5.69 Å². The van der Waals surface area contributed by atoms with E-state index < -0.39 is 5.97 Å². The molecule has 0 spiro atoms. The molecule has 1 saturated heterocycles. The summed E-state index contributed by atoms with van der Waals surface area (Å²) in [5.74, 6) is -0.732. The Labute approximate surface area is 131 Å². The number of hydrogen-bond donors (Lipinski definition) is 0. The Bertz CT molecular complexity index is 530. The van der Waals surface area contributed by atoms with E-state index in [4.69, 9.17) is 4.74 Å². The molecule has 0 N–H and O–H groups in total. The van der Waals surface area contributed by atoms with Gasteiger partial charge in [0.2, 0.25) is 0 Å². The molecule has 7 heteroatoms. The van der Waals surface area contributed by atoms with Crippen LogP contribution < -0.4 is 4.90 Å². The summed E-state index contributed by atoms with van der Waals surface area (Å²) in [5.41, 5.74) is 1.62. The average Bonchev–Trinajstić information content (AvgIpc) is 2.48. The molecule has 0 aromatic carbocycles. The van der Waals surface area contributed by atoms with Gasteiger partial charge in [0, 0.05) is 25.2 Å². The Morgan fingerprint density at radius 1 is 1.38 bits per heavy atom. The third kappa shape index (κ3) is 4.50. The van der Waals surface area contributed by atoms with Crippen molar-refractivity contribution in [3.05, 3.63) is 22.4 Å². The van der Waals surface area contributed by atoms with Crippen LogP contribution >= 0.6 is 15.9 Å². The van der Waals surface area contributed by atoms with Gasteiger partial charge < -0.3 is 14.4 Å². The van der Waals surface area contributed by atoms with Crippen molar-refractivity contribution in [2.24, 2.45) is 0 Å². The van der Waals surface area contributed by atoms with E-state index in [0.717, 1.165) is 18.8 Å². The first-order chi connectivity index (χ1) is 10.1. The first kappa shape index (κ1) is 15.9. The molecule has 0 saturated carbocycles. The van der Waals surface area contributed by atoms with E-state index in [2.05, 4.69) is 30.6 Å². The Kier molecular flexibility index (Phi) is 5.69. The fourth-order valence-corrected chi connectivity index (χ4v) is 2.71. The summed E-state index contributed by atoms with van der Waals surface area (Å²) in [4.78, 5) is 29.3. The van der Waals surface area contributed by atoms with E-state index in [1.165, 1.54) is 7.11 Å². The standard InChI is InChI=1S/C14H17BrN2O4/c1-20-13(19)9-11(18)8-10-2-3-12(14(15)16-10)17-4-6-21-7-5-17/h2-3H,4-9H2,1H3. The molecule has 0 atom stereocenters. The molecule has 1 aromatic heterocycles. The average molecular weight is 357 g/mol. The van der Waals surface area contributed by atoms with Gasteiger partial charge in [-0.2, -0.15) is 0 Å². The number of esters is 1. The van der Waals surface area contributed by atoms with Gasteiger partial charge in [0.15, 0.2) is 0 Å². The summed E-state index contributed by atoms with van der Waals surface area (Å²) >= 11 is 3.44. The molecular weight excluding hydrogens is 340 g/mol. The summed E-state index contributed by atoms with van der Waals surface area (Å²) in [6.45, 7) is 3.04. The molecule has 1 aliphatic heterocycles. The van der Waals surface area contributed by atoms with E-state index in [1.54, 1.807) is 0 Å². The molecule has 6 nitrogen and oxygen atoms in total. The minimum absolute atomic E-state index is 0.122. The monoisotopic (exact) mass is 356 g/mol. The van der Waals surface area contributed by atoms with E-state index in [9.17, 15) is 9.59 Å². The highest BCUT2D eigenvalue weighted by Crippen LogP contribution is 2.25. The molecule has 1 fully saturated rings.